The lowest BCUT2D eigenvalue weighted by Crippen LogP contribution is -2.28. The number of benzene rings is 2. The maximum absolute atomic E-state index is 12.4. The number of phenolic OH excluding ortho intramolecular Hbond substituents is 2. The maximum atomic E-state index is 12.4. The van der Waals surface area contributed by atoms with Crippen molar-refractivity contribution in [2.24, 2.45) is 0 Å². The smallest absolute Gasteiger partial charge is 0.242 e. The highest BCUT2D eigenvalue weighted by Gasteiger charge is 2.09. The fraction of sp³-hybridized carbons (Fsp3) is 0.154. The van der Waals surface area contributed by atoms with Crippen LogP contribution in [0.1, 0.15) is 25.3 Å². The molecule has 1 atom stereocenters. The summed E-state index contributed by atoms with van der Waals surface area (Å²) >= 11 is 0. The fourth-order valence-electron chi connectivity index (χ4n) is 2.98. The Morgan fingerprint density at radius 3 is 2.29 bits per heavy atom. The molecule has 8 heteroatoms. The van der Waals surface area contributed by atoms with E-state index in [1.807, 2.05) is 6.40 Å². The monoisotopic (exact) mass is 461 g/mol. The normalized spacial score (nSPS) is 12.5. The molecule has 1 unspecified atom stereocenters. The van der Waals surface area contributed by atoms with Gasteiger partial charge in [0.05, 0.1) is 33.5 Å². The zero-order valence-corrected chi connectivity index (χ0v) is 18.6. The predicted molar refractivity (Wildman–Crippen MR) is 131 cm³/mol. The van der Waals surface area contributed by atoms with Crippen LogP contribution in [-0.2, 0) is 11.3 Å². The molecule has 8 nitrogen and oxygen atoms in total. The first-order chi connectivity index (χ1) is 17.4. The molecule has 3 rings (SSSR count). The van der Waals surface area contributed by atoms with E-state index >= 15 is 0 Å². The Labute approximate surface area is 200 Å². The van der Waals surface area contributed by atoms with E-state index in [2.05, 4.69) is 16.3 Å². The van der Waals surface area contributed by atoms with Gasteiger partial charge in [0.2, 0.25) is 5.91 Å². The average molecular weight is 462 g/mol. The summed E-state index contributed by atoms with van der Waals surface area (Å²) in [5.74, 6) is 2.46. The second-order valence-electron chi connectivity index (χ2n) is 6.99. The number of ether oxygens (including phenoxy) is 2. The molecule has 0 saturated carbocycles. The Hall–Kier alpha value is -4.64. The molecule has 3 N–H and O–H groups in total. The number of methoxy groups -OCH3 is 2. The molecule has 0 fully saturated rings. The highest BCUT2D eigenvalue weighted by Crippen LogP contribution is 2.28. The molecule has 0 aliphatic rings. The van der Waals surface area contributed by atoms with Gasteiger partial charge in [-0.05, 0) is 53.6 Å². The molecule has 0 aliphatic carbocycles. The molecule has 0 aliphatic heterocycles. The average Bonchev–Trinajstić information content (AvgIpc) is 3.30. The minimum absolute atomic E-state index is 0.0108. The number of terminal acetylenes is 1. The number of rotatable bonds is 9. The molecular formula is C26H25N3O5. The molecule has 0 saturated heterocycles. The second-order valence-corrected chi connectivity index (χ2v) is 6.99. The van der Waals surface area contributed by atoms with Crippen LogP contribution < -0.4 is 14.8 Å². The van der Waals surface area contributed by atoms with Gasteiger partial charge in [-0.3, -0.25) is 9.48 Å². The number of phenols is 2. The molecule has 2 aromatic carbocycles. The van der Waals surface area contributed by atoms with Crippen LogP contribution in [0.25, 0.3) is 24.3 Å². The number of aromatic nitrogens is 2. The molecule has 0 spiro atoms. The van der Waals surface area contributed by atoms with Gasteiger partial charge < -0.3 is 25.0 Å². The topological polar surface area (TPSA) is 106 Å². The van der Waals surface area contributed by atoms with Gasteiger partial charge in [-0.2, -0.15) is 5.10 Å². The lowest BCUT2D eigenvalue weighted by Gasteiger charge is -2.05. The summed E-state index contributed by atoms with van der Waals surface area (Å²) in [5, 5.41) is 26.5. The number of nitrogens with zero attached hydrogens (tertiary/aromatic N) is 2. The highest BCUT2D eigenvalue weighted by atomic mass is 16.5. The van der Waals surface area contributed by atoms with E-state index in [9.17, 15) is 15.0 Å². The van der Waals surface area contributed by atoms with Crippen molar-refractivity contribution in [3.63, 3.8) is 0 Å². The van der Waals surface area contributed by atoms with Gasteiger partial charge in [-0.25, -0.2) is 0 Å². The molecule has 1 amide bonds. The number of nitrogens with one attached hydrogen (secondary N) is 1. The molecule has 0 radical (unpaired) electrons. The first-order valence-corrected chi connectivity index (χ1v) is 10.2. The molecule has 3 aromatic rings. The van der Waals surface area contributed by atoms with Gasteiger partial charge in [-0.1, -0.05) is 30.2 Å². The van der Waals surface area contributed by atoms with Crippen molar-refractivity contribution in [2.45, 2.75) is 6.52 Å². The Bertz CT molecular complexity index is 1360. The van der Waals surface area contributed by atoms with Gasteiger partial charge >= 0.3 is 0 Å². The van der Waals surface area contributed by atoms with Crippen molar-refractivity contribution in [1.29, 1.82) is 0 Å². The minimum atomic E-state index is -1.40. The summed E-state index contributed by atoms with van der Waals surface area (Å²) in [7, 11) is 2.91. The van der Waals surface area contributed by atoms with E-state index in [4.69, 9.17) is 12.2 Å². The first kappa shape index (κ1) is 21.2. The summed E-state index contributed by atoms with van der Waals surface area (Å²) in [6, 6.07) is 11.4. The molecular weight excluding hydrogens is 434 g/mol. The quantitative estimate of drug-likeness (QED) is 0.422. The molecule has 174 valence electrons. The third-order valence-corrected chi connectivity index (χ3v) is 4.67. The number of aromatic hydroxyl groups is 2. The Kier molecular flexibility index (Phi) is 7.05. The summed E-state index contributed by atoms with van der Waals surface area (Å²) in [6.45, 7) is -1.45. The van der Waals surface area contributed by atoms with E-state index in [-0.39, 0.29) is 18.0 Å². The Balaban J connectivity index is 1.94. The van der Waals surface area contributed by atoms with Crippen LogP contribution >= 0.6 is 0 Å². The van der Waals surface area contributed by atoms with Gasteiger partial charge in [0.1, 0.15) is 7.89 Å². The molecule has 0 bridgehead atoms. The maximum Gasteiger partial charge on any atom is 0.242 e. The Morgan fingerprint density at radius 2 is 1.71 bits per heavy atom. The van der Waals surface area contributed by atoms with Crippen molar-refractivity contribution >= 4 is 30.2 Å². The summed E-state index contributed by atoms with van der Waals surface area (Å²) in [4.78, 5) is 12.4. The largest absolute Gasteiger partial charge is 0.504 e. The van der Waals surface area contributed by atoms with Crippen LogP contribution in [0.3, 0.4) is 0 Å². The molecule has 1 aromatic heterocycles. The molecule has 1 heterocycles. The van der Waals surface area contributed by atoms with E-state index in [0.717, 1.165) is 11.1 Å². The summed E-state index contributed by atoms with van der Waals surface area (Å²) in [5.41, 5.74) is 2.44. The standard InChI is InChI=1S/C26H25N3O5/c1-4-13-27-26(32)17-29-21(10-6-19-8-12-23(31)25(15-19)34-3)16-20(28-29)9-5-18-7-11-22(30)24(14-18)33-2/h1,5-12,14-16,30-31H,13,17H2,2-3H3,(H,27,32)/b9-5+,10-6+/i1D,17D. The summed E-state index contributed by atoms with van der Waals surface area (Å²) in [6.07, 6.45) is 8.84. The Morgan fingerprint density at radius 1 is 1.09 bits per heavy atom. The SMILES string of the molecule is [2H]C#CCNC(=O)C([2H])n1nc(/C=C/c2ccc(O)c(OC)c2)cc1/C=C/c1ccc(O)c(OC)c1. The van der Waals surface area contributed by atoms with Crippen molar-refractivity contribution in [2.75, 3.05) is 20.8 Å². The van der Waals surface area contributed by atoms with Crippen LogP contribution in [0.4, 0.5) is 0 Å². The lowest BCUT2D eigenvalue weighted by molar-refractivity contribution is -0.121. The van der Waals surface area contributed by atoms with Crippen molar-refractivity contribution in [3.8, 4) is 35.3 Å². The van der Waals surface area contributed by atoms with Crippen LogP contribution in [-0.4, -0.2) is 46.7 Å². The van der Waals surface area contributed by atoms with Gasteiger partial charge in [0.15, 0.2) is 23.0 Å². The number of hydrogen-bond donors (Lipinski definition) is 3. The van der Waals surface area contributed by atoms with Crippen molar-refractivity contribution < 1.29 is 27.2 Å². The number of carbonyl (C=O) groups excluding carboxylic acids is 1. The van der Waals surface area contributed by atoms with E-state index < -0.39 is 12.4 Å². The zero-order valence-electron chi connectivity index (χ0n) is 20.6. The van der Waals surface area contributed by atoms with Gasteiger partial charge in [-0.15, -0.1) is 6.40 Å². The van der Waals surface area contributed by atoms with E-state index in [1.54, 1.807) is 54.6 Å². The van der Waals surface area contributed by atoms with Gasteiger partial charge in [0.25, 0.3) is 0 Å². The predicted octanol–water partition coefficient (Wildman–Crippen LogP) is 3.40. The fourth-order valence-corrected chi connectivity index (χ4v) is 2.98. The van der Waals surface area contributed by atoms with Crippen LogP contribution in [0.5, 0.6) is 23.0 Å². The minimum Gasteiger partial charge on any atom is -0.504 e. The third-order valence-electron chi connectivity index (χ3n) is 4.67. The second kappa shape index (κ2) is 11.3. The first-order valence-electron chi connectivity index (χ1n) is 11.2. The zero-order chi connectivity index (χ0) is 26.1. The lowest BCUT2D eigenvalue weighted by atomic mass is 10.1. The highest BCUT2D eigenvalue weighted by molar-refractivity contribution is 5.78. The van der Waals surface area contributed by atoms with Crippen LogP contribution in [0.15, 0.2) is 42.5 Å². The van der Waals surface area contributed by atoms with Crippen LogP contribution in [0, 0.1) is 12.3 Å². The van der Waals surface area contributed by atoms with Gasteiger partial charge in [0, 0.05) is 0 Å². The van der Waals surface area contributed by atoms with E-state index in [1.165, 1.54) is 31.0 Å². The van der Waals surface area contributed by atoms with Crippen molar-refractivity contribution in [3.05, 3.63) is 65.0 Å². The number of hydrogen-bond acceptors (Lipinski definition) is 6. The molecule has 34 heavy (non-hydrogen) atoms. The number of carbonyl (C=O) groups is 1. The number of amides is 1. The third kappa shape index (κ3) is 6.20. The summed E-state index contributed by atoms with van der Waals surface area (Å²) < 4.78 is 26.8. The van der Waals surface area contributed by atoms with Crippen LogP contribution in [0.2, 0.25) is 0 Å². The van der Waals surface area contributed by atoms with Crippen molar-refractivity contribution in [1.82, 2.24) is 15.1 Å². The van der Waals surface area contributed by atoms with E-state index in [0.29, 0.717) is 22.9 Å².